The van der Waals surface area contributed by atoms with E-state index in [0.29, 0.717) is 5.75 Å². The van der Waals surface area contributed by atoms with Gasteiger partial charge in [0.05, 0.1) is 14.2 Å². The van der Waals surface area contributed by atoms with Gasteiger partial charge >= 0.3 is 5.97 Å². The molecule has 5 nitrogen and oxygen atoms in total. The van der Waals surface area contributed by atoms with Crippen molar-refractivity contribution in [1.82, 2.24) is 5.32 Å². The summed E-state index contributed by atoms with van der Waals surface area (Å²) in [5.74, 6) is -0.213. The van der Waals surface area contributed by atoms with Crippen molar-refractivity contribution >= 4 is 11.9 Å². The van der Waals surface area contributed by atoms with Crippen molar-refractivity contribution in [3.8, 4) is 5.75 Å². The second-order valence-corrected chi connectivity index (χ2v) is 8.41. The van der Waals surface area contributed by atoms with Gasteiger partial charge in [-0.05, 0) is 28.3 Å². The molecule has 1 N–H and O–H groups in total. The summed E-state index contributed by atoms with van der Waals surface area (Å²) in [6.07, 6.45) is 0.219. The predicted molar refractivity (Wildman–Crippen MR) is 140 cm³/mol. The summed E-state index contributed by atoms with van der Waals surface area (Å²) < 4.78 is 10.6. The molecule has 0 bridgehead atoms. The van der Waals surface area contributed by atoms with E-state index in [0.717, 1.165) is 22.3 Å². The molecule has 4 aromatic rings. The maximum absolute atomic E-state index is 14.5. The van der Waals surface area contributed by atoms with Crippen molar-refractivity contribution in [3.05, 3.63) is 138 Å². The van der Waals surface area contributed by atoms with Gasteiger partial charge in [-0.1, -0.05) is 109 Å². The van der Waals surface area contributed by atoms with Gasteiger partial charge in [0, 0.05) is 6.42 Å². The molecule has 4 rings (SSSR count). The van der Waals surface area contributed by atoms with E-state index in [1.807, 2.05) is 115 Å². The number of esters is 1. The van der Waals surface area contributed by atoms with Crippen molar-refractivity contribution in [3.63, 3.8) is 0 Å². The van der Waals surface area contributed by atoms with Crippen LogP contribution in [0.4, 0.5) is 0 Å². The monoisotopic (exact) mass is 479 g/mol. The van der Waals surface area contributed by atoms with E-state index in [2.05, 4.69) is 5.32 Å². The Kier molecular flexibility index (Phi) is 7.81. The fourth-order valence-corrected chi connectivity index (χ4v) is 4.65. The molecule has 0 aromatic heterocycles. The van der Waals surface area contributed by atoms with Crippen LogP contribution in [0, 0.1) is 0 Å². The number of nitrogens with one attached hydrogen (secondary N) is 1. The topological polar surface area (TPSA) is 64.6 Å². The van der Waals surface area contributed by atoms with Gasteiger partial charge in [0.2, 0.25) is 5.91 Å². The Hall–Kier alpha value is -4.38. The van der Waals surface area contributed by atoms with Crippen molar-refractivity contribution in [2.75, 3.05) is 14.2 Å². The van der Waals surface area contributed by atoms with Gasteiger partial charge in [0.1, 0.15) is 17.2 Å². The SMILES string of the molecule is COC(=O)[C@@H](Cc1ccccc1OC)NC(=O)C(c1ccccc1)(c1ccccc1)c1ccccc1. The van der Waals surface area contributed by atoms with Gasteiger partial charge in [-0.2, -0.15) is 0 Å². The van der Waals surface area contributed by atoms with Gasteiger partial charge in [-0.25, -0.2) is 4.79 Å². The second-order valence-electron chi connectivity index (χ2n) is 8.41. The van der Waals surface area contributed by atoms with Crippen LogP contribution in [0.1, 0.15) is 22.3 Å². The lowest BCUT2D eigenvalue weighted by Crippen LogP contribution is -2.52. The first kappa shape index (κ1) is 24.7. The van der Waals surface area contributed by atoms with Crippen molar-refractivity contribution < 1.29 is 19.1 Å². The highest BCUT2D eigenvalue weighted by molar-refractivity contribution is 5.98. The van der Waals surface area contributed by atoms with Crippen LogP contribution in [0.15, 0.2) is 115 Å². The smallest absolute Gasteiger partial charge is 0.328 e. The predicted octanol–water partition coefficient (Wildman–Crippen LogP) is 4.93. The van der Waals surface area contributed by atoms with E-state index in [9.17, 15) is 9.59 Å². The molecular weight excluding hydrogens is 450 g/mol. The molecule has 0 radical (unpaired) electrons. The van der Waals surface area contributed by atoms with Crippen molar-refractivity contribution in [2.45, 2.75) is 17.9 Å². The Morgan fingerprint density at radius 3 is 1.58 bits per heavy atom. The fourth-order valence-electron chi connectivity index (χ4n) is 4.65. The molecule has 0 aliphatic heterocycles. The van der Waals surface area contributed by atoms with E-state index >= 15 is 0 Å². The number of benzene rings is 4. The molecule has 0 heterocycles. The van der Waals surface area contributed by atoms with Crippen molar-refractivity contribution in [2.24, 2.45) is 0 Å². The summed E-state index contributed by atoms with van der Waals surface area (Å²) in [7, 11) is 2.90. The summed E-state index contributed by atoms with van der Waals surface area (Å²) in [5.41, 5.74) is 1.97. The minimum absolute atomic E-state index is 0.219. The van der Waals surface area contributed by atoms with Crippen LogP contribution >= 0.6 is 0 Å². The first-order chi connectivity index (χ1) is 17.6. The highest BCUT2D eigenvalue weighted by Gasteiger charge is 2.45. The zero-order chi connectivity index (χ0) is 25.4. The molecule has 1 atom stereocenters. The van der Waals surface area contributed by atoms with Gasteiger partial charge < -0.3 is 14.8 Å². The van der Waals surface area contributed by atoms with Gasteiger partial charge in [0.25, 0.3) is 0 Å². The van der Waals surface area contributed by atoms with Gasteiger partial charge in [-0.15, -0.1) is 0 Å². The quantitative estimate of drug-likeness (QED) is 0.273. The highest BCUT2D eigenvalue weighted by atomic mass is 16.5. The number of carbonyl (C=O) groups is 2. The summed E-state index contributed by atoms with van der Waals surface area (Å²) in [6.45, 7) is 0. The number of rotatable bonds is 9. The van der Waals surface area contributed by atoms with Gasteiger partial charge in [-0.3, -0.25) is 4.79 Å². The highest BCUT2D eigenvalue weighted by Crippen LogP contribution is 2.39. The lowest BCUT2D eigenvalue weighted by atomic mass is 9.68. The first-order valence-electron chi connectivity index (χ1n) is 11.8. The first-order valence-corrected chi connectivity index (χ1v) is 11.8. The van der Waals surface area contributed by atoms with Crippen LogP contribution in [0.2, 0.25) is 0 Å². The van der Waals surface area contributed by atoms with Crippen molar-refractivity contribution in [1.29, 1.82) is 0 Å². The molecule has 0 unspecified atom stereocenters. The number of para-hydroxylation sites is 1. The second kappa shape index (κ2) is 11.4. The van der Waals surface area contributed by atoms with E-state index in [-0.39, 0.29) is 12.3 Å². The Labute approximate surface area is 211 Å². The zero-order valence-corrected chi connectivity index (χ0v) is 20.4. The molecule has 0 aliphatic carbocycles. The minimum Gasteiger partial charge on any atom is -0.496 e. The lowest BCUT2D eigenvalue weighted by Gasteiger charge is -2.35. The standard InChI is InChI=1S/C31H29NO4/c1-35-28-21-13-12-14-23(28)22-27(29(33)36-2)32-30(34)31(24-15-6-3-7-16-24,25-17-8-4-9-18-25)26-19-10-5-11-20-26/h3-21,27H,22H2,1-2H3,(H,32,34)/t27-/m1/s1. The van der Waals surface area contributed by atoms with Crippen LogP contribution in [0.5, 0.6) is 5.75 Å². The Morgan fingerprint density at radius 1 is 0.694 bits per heavy atom. The molecule has 4 aromatic carbocycles. The number of hydrogen-bond donors (Lipinski definition) is 1. The third-order valence-electron chi connectivity index (χ3n) is 6.37. The number of carbonyl (C=O) groups excluding carboxylic acids is 2. The summed E-state index contributed by atoms with van der Waals surface area (Å²) in [5, 5.41) is 3.03. The van der Waals surface area contributed by atoms with E-state index < -0.39 is 17.4 Å². The maximum Gasteiger partial charge on any atom is 0.328 e. The van der Waals surface area contributed by atoms with E-state index in [1.54, 1.807) is 7.11 Å². The molecule has 0 saturated carbocycles. The average molecular weight is 480 g/mol. The van der Waals surface area contributed by atoms with Crippen LogP contribution in [0.3, 0.4) is 0 Å². The fraction of sp³-hybridized carbons (Fsp3) is 0.161. The molecule has 5 heteroatoms. The molecule has 1 amide bonds. The summed E-state index contributed by atoms with van der Waals surface area (Å²) in [4.78, 5) is 27.4. The molecule has 36 heavy (non-hydrogen) atoms. The Morgan fingerprint density at radius 2 is 1.14 bits per heavy atom. The lowest BCUT2D eigenvalue weighted by molar-refractivity contribution is -0.145. The van der Waals surface area contributed by atoms with Gasteiger partial charge in [0.15, 0.2) is 0 Å². The van der Waals surface area contributed by atoms with Crippen LogP contribution in [0.25, 0.3) is 0 Å². The largest absolute Gasteiger partial charge is 0.496 e. The number of hydrogen-bond acceptors (Lipinski definition) is 4. The summed E-state index contributed by atoms with van der Waals surface area (Å²) in [6, 6.07) is 35.4. The van der Waals surface area contributed by atoms with Crippen LogP contribution in [-0.2, 0) is 26.2 Å². The molecule has 0 saturated heterocycles. The molecule has 0 aliphatic rings. The van der Waals surface area contributed by atoms with Crippen LogP contribution in [-0.4, -0.2) is 32.1 Å². The molecule has 0 spiro atoms. The number of methoxy groups -OCH3 is 2. The molecule has 0 fully saturated rings. The Balaban J connectivity index is 1.85. The zero-order valence-electron chi connectivity index (χ0n) is 20.4. The average Bonchev–Trinajstić information content (AvgIpc) is 2.94. The minimum atomic E-state index is -1.20. The normalized spacial score (nSPS) is 11.8. The van der Waals surface area contributed by atoms with Crippen LogP contribution < -0.4 is 10.1 Å². The third-order valence-corrected chi connectivity index (χ3v) is 6.37. The third kappa shape index (κ3) is 4.86. The number of amides is 1. The van der Waals surface area contributed by atoms with E-state index in [4.69, 9.17) is 9.47 Å². The Bertz CT molecular complexity index is 1190. The summed E-state index contributed by atoms with van der Waals surface area (Å²) >= 11 is 0. The maximum atomic E-state index is 14.5. The molecule has 182 valence electrons. The number of ether oxygens (including phenoxy) is 2. The molecular formula is C31H29NO4. The van der Waals surface area contributed by atoms with E-state index in [1.165, 1.54) is 7.11 Å².